The van der Waals surface area contributed by atoms with Crippen LogP contribution in [0.4, 0.5) is 0 Å². The molecule has 326 valence electrons. The fourth-order valence-corrected chi connectivity index (χ4v) is 5.74. The van der Waals surface area contributed by atoms with Gasteiger partial charge in [0.2, 0.25) is 0 Å². The molecule has 0 heterocycles. The molecule has 1 unspecified atom stereocenters. The van der Waals surface area contributed by atoms with Crippen LogP contribution < -0.4 is 0 Å². The van der Waals surface area contributed by atoms with Crippen molar-refractivity contribution in [2.45, 2.75) is 187 Å². The third-order valence-corrected chi connectivity index (χ3v) is 9.15. The van der Waals surface area contributed by atoms with Gasteiger partial charge in [0, 0.05) is 19.3 Å². The molecule has 0 aromatic heterocycles. The SMILES string of the molecule is CC\C=C/C=C\C=C/C=C\C=C\C=C/CCCCCC(=O)OCC(COC(=O)CCCC/C=C\C/C=C\CC)OC(=O)CCCCC/C=C\CCCCCCCCC. The molecule has 0 aliphatic rings. The smallest absolute Gasteiger partial charge is 0.306 e. The number of allylic oxidation sites excluding steroid dienone is 18. The fraction of sp³-hybridized carbons (Fsp3) is 0.596. The Balaban J connectivity index is 4.52. The molecular formula is C52H82O6. The third-order valence-electron chi connectivity index (χ3n) is 9.15. The molecule has 0 amide bonds. The maximum atomic E-state index is 12.7. The first-order chi connectivity index (χ1) is 28.5. The Morgan fingerprint density at radius 2 is 0.759 bits per heavy atom. The van der Waals surface area contributed by atoms with Crippen molar-refractivity contribution < 1.29 is 28.6 Å². The second-order valence-electron chi connectivity index (χ2n) is 14.7. The zero-order valence-electron chi connectivity index (χ0n) is 37.0. The Hall–Kier alpha value is -3.93. The van der Waals surface area contributed by atoms with Gasteiger partial charge in [0.05, 0.1) is 0 Å². The summed E-state index contributed by atoms with van der Waals surface area (Å²) in [6.45, 7) is 6.25. The predicted molar refractivity (Wildman–Crippen MR) is 247 cm³/mol. The summed E-state index contributed by atoms with van der Waals surface area (Å²) in [7, 11) is 0. The number of ether oxygens (including phenoxy) is 3. The number of hydrogen-bond acceptors (Lipinski definition) is 6. The van der Waals surface area contributed by atoms with Crippen molar-refractivity contribution in [2.24, 2.45) is 0 Å². The molecule has 0 spiro atoms. The van der Waals surface area contributed by atoms with E-state index in [-0.39, 0.29) is 37.5 Å². The standard InChI is InChI=1S/C52H82O6/c1-4-7-10-13-16-19-21-23-25-26-27-29-30-33-36-39-42-45-51(54)57-48-49(47-56-50(53)44-41-38-35-32-18-15-12-9-6-3)58-52(55)46-43-40-37-34-31-28-24-22-20-17-14-11-8-5-2/h7,9-10,12-13,16,18-19,21,23,25-32,49H,4-6,8,11,14-15,17,20,22,24,33-48H2,1-3H3/b10-7-,12-9-,16-13-,21-19-,25-23-,27-26+,30-29-,31-28-,32-18-. The number of carbonyl (C=O) groups excluding carboxylic acids is 3. The molecule has 0 radical (unpaired) electrons. The molecule has 0 fully saturated rings. The summed E-state index contributed by atoms with van der Waals surface area (Å²) in [4.78, 5) is 37.7. The molecule has 0 rings (SSSR count). The molecule has 6 nitrogen and oxygen atoms in total. The molecule has 0 N–H and O–H groups in total. The number of unbranched alkanes of at least 4 members (excludes halogenated alkanes) is 15. The van der Waals surface area contributed by atoms with Gasteiger partial charge in [0.1, 0.15) is 13.2 Å². The lowest BCUT2D eigenvalue weighted by molar-refractivity contribution is -0.167. The Morgan fingerprint density at radius 3 is 1.29 bits per heavy atom. The van der Waals surface area contributed by atoms with E-state index in [1.807, 2.05) is 60.8 Å². The Kier molecular flexibility index (Phi) is 42.7. The largest absolute Gasteiger partial charge is 0.462 e. The summed E-state index contributed by atoms with van der Waals surface area (Å²) >= 11 is 0. The maximum Gasteiger partial charge on any atom is 0.306 e. The highest BCUT2D eigenvalue weighted by molar-refractivity contribution is 5.71. The monoisotopic (exact) mass is 803 g/mol. The minimum Gasteiger partial charge on any atom is -0.462 e. The van der Waals surface area contributed by atoms with Crippen LogP contribution in [0.5, 0.6) is 0 Å². The third kappa shape index (κ3) is 43.2. The van der Waals surface area contributed by atoms with Crippen LogP contribution in [0.1, 0.15) is 181 Å². The zero-order chi connectivity index (χ0) is 42.3. The van der Waals surface area contributed by atoms with Crippen LogP contribution in [0.2, 0.25) is 0 Å². The lowest BCUT2D eigenvalue weighted by atomic mass is 10.1. The van der Waals surface area contributed by atoms with Gasteiger partial charge < -0.3 is 14.2 Å². The van der Waals surface area contributed by atoms with Crippen molar-refractivity contribution in [1.29, 1.82) is 0 Å². The average Bonchev–Trinajstić information content (AvgIpc) is 3.22. The van der Waals surface area contributed by atoms with E-state index in [4.69, 9.17) is 14.2 Å². The van der Waals surface area contributed by atoms with E-state index in [0.717, 1.165) is 96.3 Å². The van der Waals surface area contributed by atoms with Crippen LogP contribution in [0, 0.1) is 0 Å². The molecule has 58 heavy (non-hydrogen) atoms. The van der Waals surface area contributed by atoms with E-state index < -0.39 is 6.10 Å². The first-order valence-electron chi connectivity index (χ1n) is 23.0. The highest BCUT2D eigenvalue weighted by Gasteiger charge is 2.19. The summed E-state index contributed by atoms with van der Waals surface area (Å²) in [6, 6.07) is 0. The minimum atomic E-state index is -0.817. The van der Waals surface area contributed by atoms with E-state index in [0.29, 0.717) is 12.8 Å². The van der Waals surface area contributed by atoms with Crippen molar-refractivity contribution in [3.05, 3.63) is 109 Å². The summed E-state index contributed by atoms with van der Waals surface area (Å²) < 4.78 is 16.6. The van der Waals surface area contributed by atoms with Crippen LogP contribution in [0.25, 0.3) is 0 Å². The lowest BCUT2D eigenvalue weighted by Crippen LogP contribution is -2.30. The summed E-state index contributed by atoms with van der Waals surface area (Å²) in [6.07, 6.45) is 60.8. The molecule has 0 bridgehead atoms. The number of carbonyl (C=O) groups is 3. The van der Waals surface area contributed by atoms with E-state index in [2.05, 4.69) is 69.4 Å². The van der Waals surface area contributed by atoms with Gasteiger partial charge in [-0.05, 0) is 89.9 Å². The second kappa shape index (κ2) is 45.8. The maximum absolute atomic E-state index is 12.7. The van der Waals surface area contributed by atoms with Crippen molar-refractivity contribution in [1.82, 2.24) is 0 Å². The van der Waals surface area contributed by atoms with Gasteiger partial charge in [-0.25, -0.2) is 0 Å². The Morgan fingerprint density at radius 1 is 0.379 bits per heavy atom. The lowest BCUT2D eigenvalue weighted by Gasteiger charge is -2.18. The molecule has 0 aromatic rings. The van der Waals surface area contributed by atoms with Gasteiger partial charge in [-0.3, -0.25) is 14.4 Å². The summed E-state index contributed by atoms with van der Waals surface area (Å²) in [5.74, 6) is -1.02. The predicted octanol–water partition coefficient (Wildman–Crippen LogP) is 14.8. The van der Waals surface area contributed by atoms with Crippen LogP contribution in [-0.2, 0) is 28.6 Å². The molecule has 6 heteroatoms. The van der Waals surface area contributed by atoms with E-state index in [1.54, 1.807) is 0 Å². The molecule has 0 aliphatic carbocycles. The van der Waals surface area contributed by atoms with Crippen molar-refractivity contribution in [3.63, 3.8) is 0 Å². The van der Waals surface area contributed by atoms with E-state index in [1.165, 1.54) is 44.9 Å². The van der Waals surface area contributed by atoms with Crippen molar-refractivity contribution in [2.75, 3.05) is 13.2 Å². The molecule has 0 saturated heterocycles. The number of esters is 3. The molecule has 1 atom stereocenters. The van der Waals surface area contributed by atoms with Crippen LogP contribution in [-0.4, -0.2) is 37.2 Å². The van der Waals surface area contributed by atoms with Gasteiger partial charge in [-0.2, -0.15) is 0 Å². The van der Waals surface area contributed by atoms with Gasteiger partial charge in [0.25, 0.3) is 0 Å². The Bertz CT molecular complexity index is 1240. The number of rotatable bonds is 39. The molecule has 0 aliphatic heterocycles. The van der Waals surface area contributed by atoms with Crippen LogP contribution >= 0.6 is 0 Å². The highest BCUT2D eigenvalue weighted by atomic mass is 16.6. The van der Waals surface area contributed by atoms with Crippen LogP contribution in [0.15, 0.2) is 109 Å². The normalized spacial score (nSPS) is 13.1. The topological polar surface area (TPSA) is 78.9 Å². The molecular weight excluding hydrogens is 721 g/mol. The zero-order valence-corrected chi connectivity index (χ0v) is 37.0. The summed E-state index contributed by atoms with van der Waals surface area (Å²) in [5.41, 5.74) is 0. The van der Waals surface area contributed by atoms with Gasteiger partial charge in [0.15, 0.2) is 6.10 Å². The van der Waals surface area contributed by atoms with Crippen molar-refractivity contribution >= 4 is 17.9 Å². The first-order valence-corrected chi connectivity index (χ1v) is 23.0. The van der Waals surface area contributed by atoms with Gasteiger partial charge >= 0.3 is 17.9 Å². The molecule has 0 saturated carbocycles. The first kappa shape index (κ1) is 54.1. The fourth-order valence-electron chi connectivity index (χ4n) is 5.74. The summed E-state index contributed by atoms with van der Waals surface area (Å²) in [5, 5.41) is 0. The van der Waals surface area contributed by atoms with Gasteiger partial charge in [-0.1, -0.05) is 182 Å². The minimum absolute atomic E-state index is 0.118. The van der Waals surface area contributed by atoms with Crippen LogP contribution in [0.3, 0.4) is 0 Å². The number of hydrogen-bond donors (Lipinski definition) is 0. The van der Waals surface area contributed by atoms with E-state index >= 15 is 0 Å². The quantitative estimate of drug-likeness (QED) is 0.0202. The molecule has 0 aromatic carbocycles. The van der Waals surface area contributed by atoms with Gasteiger partial charge in [-0.15, -0.1) is 0 Å². The Labute approximate surface area is 355 Å². The van der Waals surface area contributed by atoms with E-state index in [9.17, 15) is 14.4 Å². The second-order valence-corrected chi connectivity index (χ2v) is 14.7. The highest BCUT2D eigenvalue weighted by Crippen LogP contribution is 2.12. The van der Waals surface area contributed by atoms with Crippen molar-refractivity contribution in [3.8, 4) is 0 Å². The average molecular weight is 803 g/mol.